The Morgan fingerprint density at radius 2 is 2.27 bits per heavy atom. The molecule has 1 heterocycles. The summed E-state index contributed by atoms with van der Waals surface area (Å²) in [4.78, 5) is 2.36. The van der Waals surface area contributed by atoms with E-state index >= 15 is 0 Å². The van der Waals surface area contributed by atoms with Gasteiger partial charge in [0.15, 0.2) is 0 Å². The molecule has 1 saturated carbocycles. The van der Waals surface area contributed by atoms with Gasteiger partial charge in [-0.25, -0.2) is 0 Å². The van der Waals surface area contributed by atoms with E-state index in [1.165, 1.54) is 31.2 Å². The van der Waals surface area contributed by atoms with Gasteiger partial charge in [0.2, 0.25) is 0 Å². The molecular weight excluding hydrogens is 186 g/mol. The summed E-state index contributed by atoms with van der Waals surface area (Å²) in [6, 6.07) is 0.798. The van der Waals surface area contributed by atoms with Crippen LogP contribution in [0.3, 0.4) is 0 Å². The van der Waals surface area contributed by atoms with Gasteiger partial charge in [-0.2, -0.15) is 5.10 Å². The second-order valence-electron chi connectivity index (χ2n) is 5.02. The predicted molar refractivity (Wildman–Crippen MR) is 61.7 cm³/mol. The lowest BCUT2D eigenvalue weighted by atomic mass is 10.00. The maximum absolute atomic E-state index is 4.22. The van der Waals surface area contributed by atoms with E-state index in [1.807, 2.05) is 17.9 Å². The van der Waals surface area contributed by atoms with Crippen molar-refractivity contribution >= 4 is 0 Å². The topological polar surface area (TPSA) is 21.1 Å². The van der Waals surface area contributed by atoms with Crippen LogP contribution >= 0.6 is 0 Å². The highest BCUT2D eigenvalue weighted by molar-refractivity contribution is 5.05. The summed E-state index contributed by atoms with van der Waals surface area (Å²) < 4.78 is 1.90. The van der Waals surface area contributed by atoms with Crippen LogP contribution in [0.4, 0.5) is 0 Å². The minimum Gasteiger partial charge on any atom is -0.306 e. The molecule has 1 aromatic rings. The van der Waals surface area contributed by atoms with Crippen molar-refractivity contribution in [2.75, 3.05) is 14.1 Å². The number of hydrogen-bond donors (Lipinski definition) is 0. The molecular formula is C12H21N3. The van der Waals surface area contributed by atoms with Crippen LogP contribution in [0, 0.1) is 5.92 Å². The maximum atomic E-state index is 4.22. The monoisotopic (exact) mass is 207 g/mol. The molecule has 0 saturated heterocycles. The minimum atomic E-state index is 0.798. The first-order valence-corrected chi connectivity index (χ1v) is 5.79. The normalized spacial score (nSPS) is 26.4. The van der Waals surface area contributed by atoms with Crippen LogP contribution in [0.2, 0.25) is 0 Å². The smallest absolute Gasteiger partial charge is 0.0521 e. The van der Waals surface area contributed by atoms with Gasteiger partial charge in [-0.1, -0.05) is 0 Å². The predicted octanol–water partition coefficient (Wildman–Crippen LogP) is 1.69. The van der Waals surface area contributed by atoms with Gasteiger partial charge in [-0.3, -0.25) is 4.68 Å². The summed E-state index contributed by atoms with van der Waals surface area (Å²) in [5.74, 6) is 0.863. The second kappa shape index (κ2) is 4.35. The van der Waals surface area contributed by atoms with E-state index in [-0.39, 0.29) is 0 Å². The molecule has 0 amide bonds. The molecule has 3 heteroatoms. The van der Waals surface area contributed by atoms with E-state index in [1.54, 1.807) is 0 Å². The zero-order chi connectivity index (χ0) is 10.8. The first kappa shape index (κ1) is 10.7. The molecule has 0 aromatic carbocycles. The average molecular weight is 207 g/mol. The summed E-state index contributed by atoms with van der Waals surface area (Å²) in [5, 5.41) is 4.22. The summed E-state index contributed by atoms with van der Waals surface area (Å²) in [5.41, 5.74) is 1.39. The van der Waals surface area contributed by atoms with Crippen molar-refractivity contribution in [3.05, 3.63) is 18.0 Å². The van der Waals surface area contributed by atoms with Crippen molar-refractivity contribution in [1.82, 2.24) is 14.7 Å². The van der Waals surface area contributed by atoms with Gasteiger partial charge in [0.25, 0.3) is 0 Å². The third kappa shape index (κ3) is 2.59. The van der Waals surface area contributed by atoms with Crippen molar-refractivity contribution in [3.63, 3.8) is 0 Å². The quantitative estimate of drug-likeness (QED) is 0.752. The average Bonchev–Trinajstić information content (AvgIpc) is 2.76. The third-order valence-electron chi connectivity index (χ3n) is 3.53. The first-order valence-electron chi connectivity index (χ1n) is 5.79. The minimum absolute atomic E-state index is 0.798. The van der Waals surface area contributed by atoms with Gasteiger partial charge < -0.3 is 4.90 Å². The molecule has 1 aliphatic carbocycles. The van der Waals surface area contributed by atoms with E-state index in [9.17, 15) is 0 Å². The second-order valence-corrected chi connectivity index (χ2v) is 5.02. The van der Waals surface area contributed by atoms with Gasteiger partial charge in [0, 0.05) is 19.3 Å². The lowest BCUT2D eigenvalue weighted by Gasteiger charge is -2.18. The molecule has 0 N–H and O–H groups in total. The van der Waals surface area contributed by atoms with Crippen LogP contribution in [-0.4, -0.2) is 34.8 Å². The molecule has 2 atom stereocenters. The molecule has 15 heavy (non-hydrogen) atoms. The third-order valence-corrected chi connectivity index (χ3v) is 3.53. The number of hydrogen-bond acceptors (Lipinski definition) is 2. The Hall–Kier alpha value is -0.830. The van der Waals surface area contributed by atoms with E-state index in [0.717, 1.165) is 12.0 Å². The Balaban J connectivity index is 1.87. The molecule has 3 nitrogen and oxygen atoms in total. The van der Waals surface area contributed by atoms with Crippen molar-refractivity contribution in [2.45, 2.75) is 31.7 Å². The molecule has 2 unspecified atom stereocenters. The Morgan fingerprint density at radius 1 is 1.47 bits per heavy atom. The first-order chi connectivity index (χ1) is 7.15. The zero-order valence-corrected chi connectivity index (χ0v) is 9.98. The van der Waals surface area contributed by atoms with E-state index in [0.29, 0.717) is 0 Å². The Bertz CT molecular complexity index is 316. The van der Waals surface area contributed by atoms with Crippen molar-refractivity contribution in [3.8, 4) is 0 Å². The highest BCUT2D eigenvalue weighted by Gasteiger charge is 2.26. The largest absolute Gasteiger partial charge is 0.306 e. The zero-order valence-electron chi connectivity index (χ0n) is 9.98. The molecule has 1 aromatic heterocycles. The van der Waals surface area contributed by atoms with Gasteiger partial charge in [0.1, 0.15) is 0 Å². The summed E-state index contributed by atoms with van der Waals surface area (Å²) in [6.45, 7) is 0. The summed E-state index contributed by atoms with van der Waals surface area (Å²) in [6.07, 6.45) is 9.43. The van der Waals surface area contributed by atoms with Crippen molar-refractivity contribution in [2.24, 2.45) is 13.0 Å². The molecule has 1 aliphatic rings. The van der Waals surface area contributed by atoms with Gasteiger partial charge >= 0.3 is 0 Å². The van der Waals surface area contributed by atoms with Crippen molar-refractivity contribution < 1.29 is 0 Å². The van der Waals surface area contributed by atoms with Gasteiger partial charge in [0.05, 0.1) is 6.20 Å². The Kier molecular flexibility index (Phi) is 3.10. The standard InChI is InChI=1S/C12H21N3/c1-14(2)12-5-4-10(7-12)6-11-8-13-15(3)9-11/h8-10,12H,4-7H2,1-3H3. The van der Waals surface area contributed by atoms with Crippen LogP contribution in [0.25, 0.3) is 0 Å². The molecule has 84 valence electrons. The molecule has 2 rings (SSSR count). The van der Waals surface area contributed by atoms with E-state index < -0.39 is 0 Å². The van der Waals surface area contributed by atoms with Crippen LogP contribution in [-0.2, 0) is 13.5 Å². The number of rotatable bonds is 3. The van der Waals surface area contributed by atoms with E-state index in [4.69, 9.17) is 0 Å². The molecule has 1 fully saturated rings. The van der Waals surface area contributed by atoms with Gasteiger partial charge in [-0.05, 0) is 51.3 Å². The molecule has 0 bridgehead atoms. The van der Waals surface area contributed by atoms with Gasteiger partial charge in [-0.15, -0.1) is 0 Å². The summed E-state index contributed by atoms with van der Waals surface area (Å²) >= 11 is 0. The Labute approximate surface area is 92.1 Å². The highest BCUT2D eigenvalue weighted by Crippen LogP contribution is 2.30. The maximum Gasteiger partial charge on any atom is 0.0521 e. The van der Waals surface area contributed by atoms with Crippen LogP contribution < -0.4 is 0 Å². The highest BCUT2D eigenvalue weighted by atomic mass is 15.2. The number of aromatic nitrogens is 2. The molecule has 0 radical (unpaired) electrons. The fourth-order valence-corrected chi connectivity index (χ4v) is 2.61. The molecule has 0 aliphatic heterocycles. The van der Waals surface area contributed by atoms with Crippen molar-refractivity contribution in [1.29, 1.82) is 0 Å². The number of nitrogens with zero attached hydrogens (tertiary/aromatic N) is 3. The lowest BCUT2D eigenvalue weighted by molar-refractivity contribution is 0.291. The lowest BCUT2D eigenvalue weighted by Crippen LogP contribution is -2.24. The fraction of sp³-hybridized carbons (Fsp3) is 0.750. The molecule has 0 spiro atoms. The van der Waals surface area contributed by atoms with Crippen LogP contribution in [0.5, 0.6) is 0 Å². The Morgan fingerprint density at radius 3 is 2.80 bits per heavy atom. The van der Waals surface area contributed by atoms with Crippen LogP contribution in [0.15, 0.2) is 12.4 Å². The van der Waals surface area contributed by atoms with E-state index in [2.05, 4.69) is 30.3 Å². The fourth-order valence-electron chi connectivity index (χ4n) is 2.61. The number of aryl methyl sites for hydroxylation is 1. The SMILES string of the molecule is CN(C)C1CCC(Cc2cnn(C)c2)C1. The van der Waals surface area contributed by atoms with Crippen LogP contribution in [0.1, 0.15) is 24.8 Å². The summed E-state index contributed by atoms with van der Waals surface area (Å²) in [7, 11) is 6.37.